The van der Waals surface area contributed by atoms with Crippen molar-refractivity contribution in [2.45, 2.75) is 37.8 Å². The van der Waals surface area contributed by atoms with Gasteiger partial charge < -0.3 is 10.1 Å². The monoisotopic (exact) mass is 285 g/mol. The van der Waals surface area contributed by atoms with Gasteiger partial charge in [0.05, 0.1) is 6.54 Å². The molecule has 0 saturated heterocycles. The average molecular weight is 285 g/mol. The van der Waals surface area contributed by atoms with E-state index in [1.165, 1.54) is 0 Å². The average Bonchev–Trinajstić information content (AvgIpc) is 3.03. The molecular formula is C9H11F4N3OS. The van der Waals surface area contributed by atoms with Gasteiger partial charge in [-0.25, -0.2) is 8.78 Å². The zero-order valence-electron chi connectivity index (χ0n) is 9.21. The molecule has 1 heterocycles. The largest absolute Gasteiger partial charge is 0.462 e. The zero-order chi connectivity index (χ0) is 13.2. The van der Waals surface area contributed by atoms with Gasteiger partial charge in [-0.15, -0.1) is 10.2 Å². The van der Waals surface area contributed by atoms with Gasteiger partial charge in [0.1, 0.15) is 5.01 Å². The Kier molecular flexibility index (Phi) is 4.00. The van der Waals surface area contributed by atoms with Gasteiger partial charge in [-0.3, -0.25) is 0 Å². The van der Waals surface area contributed by atoms with E-state index in [9.17, 15) is 17.6 Å². The molecule has 102 valence electrons. The van der Waals surface area contributed by atoms with Gasteiger partial charge in [0.2, 0.25) is 0 Å². The highest BCUT2D eigenvalue weighted by molar-refractivity contribution is 7.13. The summed E-state index contributed by atoms with van der Waals surface area (Å²) in [6, 6.07) is 0.487. The Morgan fingerprint density at radius 1 is 1.39 bits per heavy atom. The molecule has 9 heteroatoms. The van der Waals surface area contributed by atoms with Crippen molar-refractivity contribution in [1.29, 1.82) is 0 Å². The standard InChI is InChI=1S/C9H11F4N3OS/c10-7(11)9(12,13)4-17-8-16-15-6(18-8)3-14-5-1-2-5/h5,7,14H,1-4H2. The van der Waals surface area contributed by atoms with E-state index in [0.717, 1.165) is 24.2 Å². The van der Waals surface area contributed by atoms with Gasteiger partial charge in [0.25, 0.3) is 5.19 Å². The Labute approximate surface area is 104 Å². The molecule has 0 atom stereocenters. The molecule has 1 saturated carbocycles. The summed E-state index contributed by atoms with van der Waals surface area (Å²) in [7, 11) is 0. The van der Waals surface area contributed by atoms with E-state index < -0.39 is 19.0 Å². The Morgan fingerprint density at radius 2 is 2.11 bits per heavy atom. The van der Waals surface area contributed by atoms with Crippen molar-refractivity contribution in [2.75, 3.05) is 6.61 Å². The number of hydrogen-bond donors (Lipinski definition) is 1. The predicted octanol–water partition coefficient (Wildman–Crippen LogP) is 2.07. The van der Waals surface area contributed by atoms with Crippen LogP contribution in [-0.4, -0.2) is 35.2 Å². The molecule has 4 nitrogen and oxygen atoms in total. The van der Waals surface area contributed by atoms with Crippen molar-refractivity contribution in [3.05, 3.63) is 5.01 Å². The van der Waals surface area contributed by atoms with Crippen LogP contribution >= 0.6 is 11.3 Å². The first-order chi connectivity index (χ1) is 8.47. The number of alkyl halides is 4. The van der Waals surface area contributed by atoms with Crippen molar-refractivity contribution in [1.82, 2.24) is 15.5 Å². The van der Waals surface area contributed by atoms with Gasteiger partial charge in [0.15, 0.2) is 6.61 Å². The maximum atomic E-state index is 12.6. The van der Waals surface area contributed by atoms with E-state index >= 15 is 0 Å². The smallest absolute Gasteiger partial charge is 0.340 e. The van der Waals surface area contributed by atoms with Gasteiger partial charge in [-0.05, 0) is 12.8 Å². The summed E-state index contributed by atoms with van der Waals surface area (Å²) >= 11 is 0.970. The second kappa shape index (κ2) is 5.35. The molecule has 0 aromatic carbocycles. The first kappa shape index (κ1) is 13.5. The topological polar surface area (TPSA) is 47.0 Å². The molecule has 1 aliphatic carbocycles. The minimum Gasteiger partial charge on any atom is -0.462 e. The number of hydrogen-bond acceptors (Lipinski definition) is 5. The fourth-order valence-corrected chi connectivity index (χ4v) is 1.75. The lowest BCUT2D eigenvalue weighted by molar-refractivity contribution is -0.148. The number of nitrogens with zero attached hydrogens (tertiary/aromatic N) is 2. The van der Waals surface area contributed by atoms with Gasteiger partial charge >= 0.3 is 12.3 Å². The number of ether oxygens (including phenoxy) is 1. The summed E-state index contributed by atoms with van der Waals surface area (Å²) in [5.74, 6) is -4.17. The third-order valence-corrected chi connectivity index (χ3v) is 3.11. The van der Waals surface area contributed by atoms with Crippen molar-refractivity contribution >= 4 is 11.3 Å². The van der Waals surface area contributed by atoms with E-state index in [0.29, 0.717) is 17.6 Å². The Balaban J connectivity index is 1.78. The van der Waals surface area contributed by atoms with Crippen LogP contribution in [0.2, 0.25) is 0 Å². The van der Waals surface area contributed by atoms with E-state index in [4.69, 9.17) is 0 Å². The number of halogens is 4. The molecule has 1 aromatic heterocycles. The molecule has 1 aromatic rings. The molecule has 1 aliphatic rings. The summed E-state index contributed by atoms with van der Waals surface area (Å²) in [5.41, 5.74) is 0. The summed E-state index contributed by atoms with van der Waals surface area (Å²) in [5, 5.41) is 10.8. The molecule has 1 fully saturated rings. The summed E-state index contributed by atoms with van der Waals surface area (Å²) in [6.07, 6.45) is -1.52. The highest BCUT2D eigenvalue weighted by Gasteiger charge is 2.42. The molecule has 0 amide bonds. The van der Waals surface area contributed by atoms with E-state index in [-0.39, 0.29) is 5.19 Å². The molecule has 0 bridgehead atoms. The second-order valence-electron chi connectivity index (χ2n) is 3.97. The number of aromatic nitrogens is 2. The summed E-state index contributed by atoms with van der Waals surface area (Å²) < 4.78 is 53.4. The fraction of sp³-hybridized carbons (Fsp3) is 0.778. The lowest BCUT2D eigenvalue weighted by Crippen LogP contribution is -2.33. The maximum absolute atomic E-state index is 12.6. The highest BCUT2D eigenvalue weighted by atomic mass is 32.1. The van der Waals surface area contributed by atoms with Crippen molar-refractivity contribution in [3.63, 3.8) is 0 Å². The van der Waals surface area contributed by atoms with E-state index in [1.54, 1.807) is 0 Å². The first-order valence-electron chi connectivity index (χ1n) is 5.32. The van der Waals surface area contributed by atoms with E-state index in [1.807, 2.05) is 0 Å². The quantitative estimate of drug-likeness (QED) is 0.779. The fourth-order valence-electron chi connectivity index (χ4n) is 1.11. The third-order valence-electron chi connectivity index (χ3n) is 2.27. The maximum Gasteiger partial charge on any atom is 0.340 e. The third kappa shape index (κ3) is 3.77. The molecule has 0 spiro atoms. The molecule has 0 aliphatic heterocycles. The Hall–Kier alpha value is -0.960. The van der Waals surface area contributed by atoms with Crippen molar-refractivity contribution in [2.24, 2.45) is 0 Å². The van der Waals surface area contributed by atoms with Gasteiger partial charge in [-0.1, -0.05) is 11.3 Å². The lowest BCUT2D eigenvalue weighted by atomic mass is 10.4. The van der Waals surface area contributed by atoms with Crippen LogP contribution in [-0.2, 0) is 6.54 Å². The minimum absolute atomic E-state index is 0.122. The number of nitrogens with one attached hydrogen (secondary N) is 1. The molecular weight excluding hydrogens is 274 g/mol. The Morgan fingerprint density at radius 3 is 2.72 bits per heavy atom. The van der Waals surface area contributed by atoms with Crippen LogP contribution in [0, 0.1) is 0 Å². The van der Waals surface area contributed by atoms with Crippen molar-refractivity contribution < 1.29 is 22.3 Å². The molecule has 0 unspecified atom stereocenters. The lowest BCUT2D eigenvalue weighted by Gasteiger charge is -2.13. The minimum atomic E-state index is -4.17. The summed E-state index contributed by atoms with van der Waals surface area (Å²) in [4.78, 5) is 0. The summed E-state index contributed by atoms with van der Waals surface area (Å²) in [6.45, 7) is -0.910. The second-order valence-corrected chi connectivity index (χ2v) is 4.99. The molecule has 0 radical (unpaired) electrons. The Bertz CT molecular complexity index is 397. The van der Waals surface area contributed by atoms with Crippen LogP contribution in [0.3, 0.4) is 0 Å². The zero-order valence-corrected chi connectivity index (χ0v) is 10.0. The SMILES string of the molecule is FC(F)C(F)(F)COc1nnc(CNC2CC2)s1. The van der Waals surface area contributed by atoms with Crippen LogP contribution in [0.25, 0.3) is 0 Å². The highest BCUT2D eigenvalue weighted by Crippen LogP contribution is 2.26. The number of rotatable bonds is 7. The predicted molar refractivity (Wildman–Crippen MR) is 56.2 cm³/mol. The molecule has 2 rings (SSSR count). The first-order valence-corrected chi connectivity index (χ1v) is 6.13. The normalized spacial score (nSPS) is 16.3. The van der Waals surface area contributed by atoms with Crippen LogP contribution in [0.4, 0.5) is 17.6 Å². The van der Waals surface area contributed by atoms with Gasteiger partial charge in [0, 0.05) is 6.04 Å². The van der Waals surface area contributed by atoms with Crippen LogP contribution < -0.4 is 10.1 Å². The molecule has 1 N–H and O–H groups in total. The van der Waals surface area contributed by atoms with Gasteiger partial charge in [-0.2, -0.15) is 8.78 Å². The van der Waals surface area contributed by atoms with E-state index in [2.05, 4.69) is 20.3 Å². The van der Waals surface area contributed by atoms with Crippen LogP contribution in [0.5, 0.6) is 5.19 Å². The molecule has 18 heavy (non-hydrogen) atoms. The van der Waals surface area contributed by atoms with Crippen LogP contribution in [0.15, 0.2) is 0 Å². The van der Waals surface area contributed by atoms with Crippen LogP contribution in [0.1, 0.15) is 17.8 Å². The van der Waals surface area contributed by atoms with Crippen molar-refractivity contribution in [3.8, 4) is 5.19 Å².